The van der Waals surface area contributed by atoms with Crippen LogP contribution in [0.5, 0.6) is 0 Å². The Balaban J connectivity index is 3.53. The summed E-state index contributed by atoms with van der Waals surface area (Å²) in [7, 11) is -4.00. The van der Waals surface area contributed by atoms with Gasteiger partial charge < -0.3 is 5.11 Å². The van der Waals surface area contributed by atoms with Crippen LogP contribution in [-0.4, -0.2) is 42.3 Å². The molecule has 0 radical (unpaired) electrons. The number of likely N-dealkylation sites (N-methyl/N-ethyl adjacent to an activating group) is 1. The van der Waals surface area contributed by atoms with E-state index in [1.54, 1.807) is 0 Å². The SMILES string of the molecule is CN(CC(=O)O)S(=O)(=O)c1ccc([N+](=O)[O-])cc1C(F)(F)F. The summed E-state index contributed by atoms with van der Waals surface area (Å²) in [5, 5.41) is 19.0. The number of sulfonamides is 1. The van der Waals surface area contributed by atoms with Crippen molar-refractivity contribution in [1.82, 2.24) is 4.31 Å². The number of hydrogen-bond acceptors (Lipinski definition) is 5. The van der Waals surface area contributed by atoms with Crippen LogP contribution in [0, 0.1) is 10.1 Å². The second-order valence-electron chi connectivity index (χ2n) is 4.09. The van der Waals surface area contributed by atoms with E-state index in [9.17, 15) is 36.5 Å². The maximum atomic E-state index is 12.9. The third-order valence-corrected chi connectivity index (χ3v) is 4.39. The Bertz CT molecular complexity index is 716. The van der Waals surface area contributed by atoms with Crippen LogP contribution in [0.1, 0.15) is 5.56 Å². The number of rotatable bonds is 5. The fraction of sp³-hybridized carbons (Fsp3) is 0.300. The van der Waals surface area contributed by atoms with Gasteiger partial charge in [-0.05, 0) is 6.07 Å². The molecule has 122 valence electrons. The molecule has 0 aromatic heterocycles. The van der Waals surface area contributed by atoms with Gasteiger partial charge in [0.1, 0.15) is 6.54 Å². The number of alkyl halides is 3. The molecule has 0 saturated carbocycles. The molecule has 0 bridgehead atoms. The van der Waals surface area contributed by atoms with Crippen molar-refractivity contribution in [3.8, 4) is 0 Å². The van der Waals surface area contributed by atoms with Gasteiger partial charge in [-0.25, -0.2) is 8.42 Å². The number of nitro groups is 1. The third kappa shape index (κ3) is 3.71. The Kier molecular flexibility index (Phi) is 4.77. The van der Waals surface area contributed by atoms with Crippen LogP contribution in [0.15, 0.2) is 23.1 Å². The van der Waals surface area contributed by atoms with Crippen molar-refractivity contribution in [2.45, 2.75) is 11.1 Å². The number of non-ortho nitro benzene ring substituents is 1. The first-order valence-electron chi connectivity index (χ1n) is 5.41. The highest BCUT2D eigenvalue weighted by Crippen LogP contribution is 2.37. The minimum atomic E-state index is -5.17. The van der Waals surface area contributed by atoms with Gasteiger partial charge in [0.15, 0.2) is 0 Å². The molecule has 0 aliphatic rings. The monoisotopic (exact) mass is 342 g/mol. The second kappa shape index (κ2) is 5.88. The van der Waals surface area contributed by atoms with E-state index in [1.165, 1.54) is 0 Å². The van der Waals surface area contributed by atoms with Gasteiger partial charge in [0.05, 0.1) is 15.4 Å². The number of carbonyl (C=O) groups is 1. The summed E-state index contributed by atoms with van der Waals surface area (Å²) in [5.74, 6) is -1.57. The number of carboxylic acid groups (broad SMARTS) is 1. The highest BCUT2D eigenvalue weighted by Gasteiger charge is 2.40. The molecule has 12 heteroatoms. The Labute approximate surface area is 122 Å². The predicted octanol–water partition coefficient (Wildman–Crippen LogP) is 1.32. The summed E-state index contributed by atoms with van der Waals surface area (Å²) >= 11 is 0. The summed E-state index contributed by atoms with van der Waals surface area (Å²) in [6.45, 7) is -1.06. The van der Waals surface area contributed by atoms with E-state index in [1.807, 2.05) is 0 Å². The quantitative estimate of drug-likeness (QED) is 0.637. The van der Waals surface area contributed by atoms with Crippen molar-refractivity contribution < 1.29 is 36.4 Å². The number of carboxylic acids is 1. The molecule has 1 N–H and O–H groups in total. The lowest BCUT2D eigenvalue weighted by atomic mass is 10.2. The summed E-state index contributed by atoms with van der Waals surface area (Å²) in [5.41, 5.74) is -2.67. The van der Waals surface area contributed by atoms with Crippen molar-refractivity contribution in [3.05, 3.63) is 33.9 Å². The zero-order valence-corrected chi connectivity index (χ0v) is 11.7. The molecular weight excluding hydrogens is 333 g/mol. The molecule has 0 aliphatic carbocycles. The summed E-state index contributed by atoms with van der Waals surface area (Å²) < 4.78 is 63.0. The van der Waals surface area contributed by atoms with Crippen molar-refractivity contribution in [3.63, 3.8) is 0 Å². The largest absolute Gasteiger partial charge is 0.480 e. The molecule has 0 spiro atoms. The van der Waals surface area contributed by atoms with Crippen molar-refractivity contribution in [2.24, 2.45) is 0 Å². The highest BCUT2D eigenvalue weighted by molar-refractivity contribution is 7.89. The molecule has 1 aromatic rings. The smallest absolute Gasteiger partial charge is 0.417 e. The minimum Gasteiger partial charge on any atom is -0.480 e. The summed E-state index contributed by atoms with van der Waals surface area (Å²) in [6, 6.07) is 1.10. The predicted molar refractivity (Wildman–Crippen MR) is 65.5 cm³/mol. The van der Waals surface area contributed by atoms with Crippen molar-refractivity contribution in [1.29, 1.82) is 0 Å². The van der Waals surface area contributed by atoms with E-state index in [4.69, 9.17) is 5.11 Å². The van der Waals surface area contributed by atoms with E-state index in [2.05, 4.69) is 0 Å². The van der Waals surface area contributed by atoms with Gasteiger partial charge in [0, 0.05) is 19.2 Å². The fourth-order valence-corrected chi connectivity index (χ4v) is 2.83. The Hall–Kier alpha value is -2.21. The van der Waals surface area contributed by atoms with Crippen LogP contribution in [0.3, 0.4) is 0 Å². The Morgan fingerprint density at radius 3 is 2.36 bits per heavy atom. The first-order valence-corrected chi connectivity index (χ1v) is 6.85. The first kappa shape index (κ1) is 17.8. The highest BCUT2D eigenvalue weighted by atomic mass is 32.2. The van der Waals surface area contributed by atoms with E-state index < -0.39 is 49.8 Å². The molecule has 8 nitrogen and oxygen atoms in total. The molecule has 0 saturated heterocycles. The molecule has 1 rings (SSSR count). The van der Waals surface area contributed by atoms with Crippen LogP contribution >= 0.6 is 0 Å². The standard InChI is InChI=1S/C10H9F3N2O6S/c1-14(5-9(16)17)22(20,21)8-3-2-6(15(18)19)4-7(8)10(11,12)13/h2-4H,5H2,1H3,(H,16,17). The summed E-state index contributed by atoms with van der Waals surface area (Å²) in [6.07, 6.45) is -5.17. The second-order valence-corrected chi connectivity index (χ2v) is 6.10. The van der Waals surface area contributed by atoms with Gasteiger partial charge in [0.25, 0.3) is 5.69 Å². The number of aliphatic carboxylic acids is 1. The first-order chi connectivity index (χ1) is 9.87. The number of benzene rings is 1. The van der Waals surface area contributed by atoms with Gasteiger partial charge in [-0.1, -0.05) is 0 Å². The Morgan fingerprint density at radius 1 is 1.41 bits per heavy atom. The van der Waals surface area contributed by atoms with Crippen LogP contribution in [-0.2, 0) is 21.0 Å². The molecule has 22 heavy (non-hydrogen) atoms. The van der Waals surface area contributed by atoms with E-state index >= 15 is 0 Å². The minimum absolute atomic E-state index is 0.0848. The van der Waals surface area contributed by atoms with Crippen LogP contribution in [0.4, 0.5) is 18.9 Å². The van der Waals surface area contributed by atoms with Gasteiger partial charge in [-0.2, -0.15) is 17.5 Å². The molecular formula is C10H9F3N2O6S. The summed E-state index contributed by atoms with van der Waals surface area (Å²) in [4.78, 5) is 18.7. The number of nitro benzene ring substituents is 1. The lowest BCUT2D eigenvalue weighted by Gasteiger charge is -2.18. The van der Waals surface area contributed by atoms with Crippen LogP contribution < -0.4 is 0 Å². The van der Waals surface area contributed by atoms with E-state index in [-0.39, 0.29) is 10.4 Å². The van der Waals surface area contributed by atoms with E-state index in [0.717, 1.165) is 7.05 Å². The fourth-order valence-electron chi connectivity index (χ4n) is 1.52. The molecule has 1 aromatic carbocycles. The average molecular weight is 342 g/mol. The average Bonchev–Trinajstić information content (AvgIpc) is 2.35. The van der Waals surface area contributed by atoms with Gasteiger partial charge >= 0.3 is 12.1 Å². The lowest BCUT2D eigenvalue weighted by Crippen LogP contribution is -2.33. The zero-order chi connectivity index (χ0) is 17.3. The molecule has 0 fully saturated rings. The van der Waals surface area contributed by atoms with Gasteiger partial charge in [-0.3, -0.25) is 14.9 Å². The maximum absolute atomic E-state index is 12.9. The lowest BCUT2D eigenvalue weighted by molar-refractivity contribution is -0.385. The molecule has 0 heterocycles. The Morgan fingerprint density at radius 2 is 1.95 bits per heavy atom. The van der Waals surface area contributed by atoms with Crippen LogP contribution in [0.2, 0.25) is 0 Å². The number of nitrogens with zero attached hydrogens (tertiary/aromatic N) is 2. The molecule has 0 amide bonds. The van der Waals surface area contributed by atoms with Crippen molar-refractivity contribution >= 4 is 21.7 Å². The number of hydrogen-bond donors (Lipinski definition) is 1. The number of halogens is 3. The molecule has 0 atom stereocenters. The van der Waals surface area contributed by atoms with Crippen LogP contribution in [0.25, 0.3) is 0 Å². The molecule has 0 unspecified atom stereocenters. The van der Waals surface area contributed by atoms with Gasteiger partial charge in [-0.15, -0.1) is 0 Å². The van der Waals surface area contributed by atoms with E-state index in [0.29, 0.717) is 12.1 Å². The third-order valence-electron chi connectivity index (χ3n) is 2.53. The zero-order valence-electron chi connectivity index (χ0n) is 10.9. The molecule has 0 aliphatic heterocycles. The van der Waals surface area contributed by atoms with Gasteiger partial charge in [0.2, 0.25) is 10.0 Å². The van der Waals surface area contributed by atoms with Crippen molar-refractivity contribution in [2.75, 3.05) is 13.6 Å². The maximum Gasteiger partial charge on any atom is 0.417 e. The topological polar surface area (TPSA) is 118 Å². The normalized spacial score (nSPS) is 12.4.